The number of anilines is 1. The molecule has 1 aromatic carbocycles. The largest absolute Gasteiger partial charge is 0.331 e. The van der Waals surface area contributed by atoms with E-state index >= 15 is 0 Å². The normalized spacial score (nSPS) is 17.8. The summed E-state index contributed by atoms with van der Waals surface area (Å²) in [6, 6.07) is 10.7. The third kappa shape index (κ3) is 2.44. The Kier molecular flexibility index (Phi) is 3.71. The molecular weight excluding hydrogens is 298 g/mol. The van der Waals surface area contributed by atoms with Crippen LogP contribution in [0.5, 0.6) is 0 Å². The first kappa shape index (κ1) is 15.1. The zero-order valence-electron chi connectivity index (χ0n) is 14.5. The van der Waals surface area contributed by atoms with Crippen molar-refractivity contribution in [2.75, 3.05) is 11.4 Å². The maximum atomic E-state index is 4.95. The van der Waals surface area contributed by atoms with Crippen molar-refractivity contribution in [3.8, 4) is 0 Å². The Morgan fingerprint density at radius 1 is 1.08 bits per heavy atom. The monoisotopic (exact) mass is 321 g/mol. The molecule has 0 bridgehead atoms. The van der Waals surface area contributed by atoms with Crippen molar-refractivity contribution in [1.29, 1.82) is 0 Å². The Morgan fingerprint density at radius 2 is 1.83 bits per heavy atom. The Bertz CT molecular complexity index is 862. The fourth-order valence-electron chi connectivity index (χ4n) is 3.79. The van der Waals surface area contributed by atoms with Gasteiger partial charge in [0.1, 0.15) is 5.82 Å². The van der Waals surface area contributed by atoms with Crippen LogP contribution in [0.2, 0.25) is 0 Å². The minimum atomic E-state index is 0.249. The summed E-state index contributed by atoms with van der Waals surface area (Å²) in [5.41, 5.74) is 4.32. The number of aromatic nitrogens is 4. The molecule has 0 radical (unpaired) electrons. The predicted molar refractivity (Wildman–Crippen MR) is 96.2 cm³/mol. The highest BCUT2D eigenvalue weighted by Crippen LogP contribution is 2.35. The average molecular weight is 321 g/mol. The SMILES string of the molecule is CCn1c(C2CCCN2c2nc(C)cc(C)n2)nc2ccccc21. The van der Waals surface area contributed by atoms with Crippen LogP contribution in [-0.2, 0) is 6.54 Å². The number of para-hydroxylation sites is 2. The summed E-state index contributed by atoms with van der Waals surface area (Å²) in [6.07, 6.45) is 2.24. The zero-order chi connectivity index (χ0) is 16.7. The Balaban J connectivity index is 1.80. The van der Waals surface area contributed by atoms with Crippen LogP contribution in [0.25, 0.3) is 11.0 Å². The number of rotatable bonds is 3. The molecule has 4 rings (SSSR count). The lowest BCUT2D eigenvalue weighted by atomic mass is 10.2. The second-order valence-electron chi connectivity index (χ2n) is 6.51. The quantitative estimate of drug-likeness (QED) is 0.736. The van der Waals surface area contributed by atoms with Gasteiger partial charge in [0.25, 0.3) is 0 Å². The summed E-state index contributed by atoms with van der Waals surface area (Å²) in [6.45, 7) is 8.16. The van der Waals surface area contributed by atoms with Crippen molar-refractivity contribution < 1.29 is 0 Å². The molecule has 24 heavy (non-hydrogen) atoms. The van der Waals surface area contributed by atoms with Gasteiger partial charge in [0.15, 0.2) is 0 Å². The van der Waals surface area contributed by atoms with Crippen LogP contribution in [0.4, 0.5) is 5.95 Å². The van der Waals surface area contributed by atoms with Crippen LogP contribution in [0.1, 0.15) is 43.0 Å². The van der Waals surface area contributed by atoms with E-state index in [1.54, 1.807) is 0 Å². The fraction of sp³-hybridized carbons (Fsp3) is 0.421. The van der Waals surface area contributed by atoms with Crippen LogP contribution in [0.3, 0.4) is 0 Å². The van der Waals surface area contributed by atoms with Gasteiger partial charge in [-0.1, -0.05) is 12.1 Å². The molecule has 124 valence electrons. The molecule has 5 heteroatoms. The number of imidazole rings is 1. The summed E-state index contributed by atoms with van der Waals surface area (Å²) >= 11 is 0. The van der Waals surface area contributed by atoms with E-state index in [4.69, 9.17) is 4.98 Å². The van der Waals surface area contributed by atoms with Crippen molar-refractivity contribution >= 4 is 17.0 Å². The molecule has 0 aliphatic carbocycles. The number of nitrogens with zero attached hydrogens (tertiary/aromatic N) is 5. The first-order chi connectivity index (χ1) is 11.7. The molecule has 0 saturated carbocycles. The van der Waals surface area contributed by atoms with Gasteiger partial charge in [-0.15, -0.1) is 0 Å². The van der Waals surface area contributed by atoms with Crippen LogP contribution in [0, 0.1) is 13.8 Å². The average Bonchev–Trinajstić information content (AvgIpc) is 3.17. The van der Waals surface area contributed by atoms with Crippen molar-refractivity contribution in [3.63, 3.8) is 0 Å². The minimum absolute atomic E-state index is 0.249. The van der Waals surface area contributed by atoms with E-state index in [-0.39, 0.29) is 6.04 Å². The highest BCUT2D eigenvalue weighted by Gasteiger charge is 2.32. The van der Waals surface area contributed by atoms with E-state index in [1.807, 2.05) is 19.9 Å². The van der Waals surface area contributed by atoms with Gasteiger partial charge in [-0.25, -0.2) is 15.0 Å². The van der Waals surface area contributed by atoms with Crippen molar-refractivity contribution in [3.05, 3.63) is 47.5 Å². The highest BCUT2D eigenvalue weighted by atomic mass is 15.3. The van der Waals surface area contributed by atoms with E-state index in [2.05, 4.69) is 50.6 Å². The topological polar surface area (TPSA) is 46.8 Å². The maximum absolute atomic E-state index is 4.95. The minimum Gasteiger partial charge on any atom is -0.331 e. The molecule has 1 atom stereocenters. The van der Waals surface area contributed by atoms with E-state index in [0.29, 0.717) is 0 Å². The molecule has 1 fully saturated rings. The van der Waals surface area contributed by atoms with Crippen molar-refractivity contribution in [1.82, 2.24) is 19.5 Å². The second kappa shape index (κ2) is 5.89. The second-order valence-corrected chi connectivity index (χ2v) is 6.51. The zero-order valence-corrected chi connectivity index (χ0v) is 14.5. The van der Waals surface area contributed by atoms with Gasteiger partial charge in [-0.05, 0) is 51.8 Å². The van der Waals surface area contributed by atoms with E-state index < -0.39 is 0 Å². The number of hydrogen-bond acceptors (Lipinski definition) is 4. The van der Waals surface area contributed by atoms with Crippen LogP contribution in [-0.4, -0.2) is 26.1 Å². The van der Waals surface area contributed by atoms with Crippen LogP contribution in [0.15, 0.2) is 30.3 Å². The van der Waals surface area contributed by atoms with E-state index in [1.165, 1.54) is 5.52 Å². The summed E-state index contributed by atoms with van der Waals surface area (Å²) in [5.74, 6) is 1.98. The molecule has 0 N–H and O–H groups in total. The number of aryl methyl sites for hydroxylation is 3. The molecule has 1 aliphatic heterocycles. The number of fused-ring (bicyclic) bond motifs is 1. The third-order valence-electron chi connectivity index (χ3n) is 4.78. The summed E-state index contributed by atoms with van der Waals surface area (Å²) in [7, 11) is 0. The third-order valence-corrected chi connectivity index (χ3v) is 4.78. The number of benzene rings is 1. The van der Waals surface area contributed by atoms with Gasteiger partial charge in [0.2, 0.25) is 5.95 Å². The Morgan fingerprint density at radius 3 is 2.58 bits per heavy atom. The van der Waals surface area contributed by atoms with Gasteiger partial charge in [-0.3, -0.25) is 0 Å². The Labute approximate surface area is 142 Å². The van der Waals surface area contributed by atoms with Crippen LogP contribution >= 0.6 is 0 Å². The summed E-state index contributed by atoms with van der Waals surface area (Å²) in [5, 5.41) is 0. The summed E-state index contributed by atoms with van der Waals surface area (Å²) < 4.78 is 2.33. The number of hydrogen-bond donors (Lipinski definition) is 0. The lowest BCUT2D eigenvalue weighted by Crippen LogP contribution is -2.27. The molecule has 0 spiro atoms. The molecule has 2 aromatic heterocycles. The van der Waals surface area contributed by atoms with Gasteiger partial charge in [0, 0.05) is 24.5 Å². The molecule has 1 unspecified atom stereocenters. The molecule has 3 aromatic rings. The van der Waals surface area contributed by atoms with Crippen molar-refractivity contribution in [2.24, 2.45) is 0 Å². The van der Waals surface area contributed by atoms with E-state index in [0.717, 1.165) is 54.6 Å². The van der Waals surface area contributed by atoms with Gasteiger partial charge >= 0.3 is 0 Å². The predicted octanol–water partition coefficient (Wildman–Crippen LogP) is 3.80. The Hall–Kier alpha value is -2.43. The van der Waals surface area contributed by atoms with Gasteiger partial charge < -0.3 is 9.47 Å². The lowest BCUT2D eigenvalue weighted by molar-refractivity contribution is 0.601. The highest BCUT2D eigenvalue weighted by molar-refractivity contribution is 5.76. The first-order valence-corrected chi connectivity index (χ1v) is 8.71. The van der Waals surface area contributed by atoms with Gasteiger partial charge in [-0.2, -0.15) is 0 Å². The molecule has 3 heterocycles. The van der Waals surface area contributed by atoms with Crippen molar-refractivity contribution in [2.45, 2.75) is 46.2 Å². The summed E-state index contributed by atoms with van der Waals surface area (Å²) in [4.78, 5) is 16.6. The smallest absolute Gasteiger partial charge is 0.226 e. The van der Waals surface area contributed by atoms with Crippen LogP contribution < -0.4 is 4.90 Å². The molecule has 0 amide bonds. The fourth-order valence-corrected chi connectivity index (χ4v) is 3.79. The molecule has 5 nitrogen and oxygen atoms in total. The molecular formula is C19H23N5. The first-order valence-electron chi connectivity index (χ1n) is 8.71. The lowest BCUT2D eigenvalue weighted by Gasteiger charge is -2.25. The maximum Gasteiger partial charge on any atom is 0.226 e. The molecule has 1 aliphatic rings. The standard InChI is InChI=1S/C19H23N5/c1-4-23-16-9-6-5-8-15(16)22-18(23)17-10-7-11-24(17)19-20-13(2)12-14(3)21-19/h5-6,8-9,12,17H,4,7,10-11H2,1-3H3. The molecule has 1 saturated heterocycles. The van der Waals surface area contributed by atoms with E-state index in [9.17, 15) is 0 Å². The van der Waals surface area contributed by atoms with Gasteiger partial charge in [0.05, 0.1) is 17.1 Å².